The van der Waals surface area contributed by atoms with Crippen molar-refractivity contribution in [2.24, 2.45) is 0 Å². The molecule has 0 amide bonds. The maximum absolute atomic E-state index is 10.4. The van der Waals surface area contributed by atoms with Crippen molar-refractivity contribution in [3.63, 3.8) is 0 Å². The Hall–Kier alpha value is -10.7. The fourth-order valence-electron chi connectivity index (χ4n) is 12.6. The Morgan fingerprint density at radius 1 is 0.289 bits per heavy atom. The Labute approximate surface area is 527 Å². The molecule has 0 unspecified atom stereocenters. The van der Waals surface area contributed by atoms with Crippen LogP contribution in [0.2, 0.25) is 0 Å². The summed E-state index contributed by atoms with van der Waals surface area (Å²) in [5.41, 5.74) is 19.4. The molecule has 0 aliphatic heterocycles. The van der Waals surface area contributed by atoms with Crippen molar-refractivity contribution in [3.05, 3.63) is 245 Å². The summed E-state index contributed by atoms with van der Waals surface area (Å²) in [5, 5.41) is 35.5. The van der Waals surface area contributed by atoms with E-state index in [1.54, 1.807) is 0 Å². The van der Waals surface area contributed by atoms with E-state index in [-0.39, 0.29) is 21.7 Å². The van der Waals surface area contributed by atoms with E-state index in [2.05, 4.69) is 226 Å². The van der Waals surface area contributed by atoms with Gasteiger partial charge in [0.2, 0.25) is 0 Å². The monoisotopic (exact) mass is 1170 g/mol. The first kappa shape index (κ1) is 58.3. The van der Waals surface area contributed by atoms with Gasteiger partial charge in [0, 0.05) is 38.2 Å². The van der Waals surface area contributed by atoms with Gasteiger partial charge in [-0.2, -0.15) is 15.8 Å². The summed E-state index contributed by atoms with van der Waals surface area (Å²) in [5.74, 6) is 1.28. The van der Waals surface area contributed by atoms with Crippen LogP contribution in [0.1, 0.15) is 122 Å². The van der Waals surface area contributed by atoms with Crippen LogP contribution in [0.5, 0.6) is 0 Å². The molecule has 13 rings (SSSR count). The summed E-state index contributed by atoms with van der Waals surface area (Å²) < 4.78 is 4.72. The number of nitriles is 3. The van der Waals surface area contributed by atoms with Crippen LogP contribution in [-0.4, -0.2) is 24.1 Å². The smallest absolute Gasteiger partial charge is 0.166 e. The highest BCUT2D eigenvalue weighted by atomic mass is 15.1. The molecule has 438 valence electrons. The van der Waals surface area contributed by atoms with Crippen LogP contribution in [0.15, 0.2) is 206 Å². The highest BCUT2D eigenvalue weighted by molar-refractivity contribution is 6.12. The van der Waals surface area contributed by atoms with Crippen molar-refractivity contribution >= 4 is 43.6 Å². The second-order valence-corrected chi connectivity index (χ2v) is 28.0. The van der Waals surface area contributed by atoms with Crippen LogP contribution in [0.4, 0.5) is 0 Å². The molecule has 0 spiro atoms. The van der Waals surface area contributed by atoms with Crippen molar-refractivity contribution in [3.8, 4) is 97.1 Å². The average Bonchev–Trinajstić information content (AvgIpc) is 1.56. The molecule has 0 aliphatic rings. The SMILES string of the molecule is CC(C)(C)c1ccc2c(c1)c1cc(C(C)(C)C)ccc1n2-c1ccc(-c2cccc(C#N)c2)cc1-c1nc(-c2cccc(-c3ccccc3C#N)c2)nc(-c2cc(-c3cccc(C#N)c3)ccc2-n2c3ccc(C(C)(C)C)cc3c3cc(C(C)(C)C)ccc32)n1. The third-order valence-electron chi connectivity index (χ3n) is 17.7. The number of nitrogens with zero attached hydrogens (tertiary/aromatic N) is 8. The van der Waals surface area contributed by atoms with Gasteiger partial charge >= 0.3 is 0 Å². The summed E-state index contributed by atoms with van der Waals surface area (Å²) in [6.45, 7) is 27.1. The Kier molecular flexibility index (Phi) is 14.2. The molecule has 0 saturated carbocycles. The Morgan fingerprint density at radius 2 is 0.644 bits per heavy atom. The molecule has 0 fully saturated rings. The maximum Gasteiger partial charge on any atom is 0.166 e. The molecule has 90 heavy (non-hydrogen) atoms. The molecular formula is C82H70N8. The number of fused-ring (bicyclic) bond motifs is 6. The summed E-state index contributed by atoms with van der Waals surface area (Å²) in [7, 11) is 0. The van der Waals surface area contributed by atoms with E-state index in [0.29, 0.717) is 34.2 Å². The van der Waals surface area contributed by atoms with Gasteiger partial charge in [-0.15, -0.1) is 0 Å². The van der Waals surface area contributed by atoms with Gasteiger partial charge in [-0.25, -0.2) is 15.0 Å². The quantitative estimate of drug-likeness (QED) is 0.149. The number of benzene rings is 10. The van der Waals surface area contributed by atoms with Crippen LogP contribution < -0.4 is 0 Å². The van der Waals surface area contributed by atoms with Crippen molar-refractivity contribution in [1.29, 1.82) is 15.8 Å². The zero-order chi connectivity index (χ0) is 63.2. The first-order chi connectivity index (χ1) is 43.0. The summed E-state index contributed by atoms with van der Waals surface area (Å²) in [6.07, 6.45) is 0. The Morgan fingerprint density at radius 3 is 1.03 bits per heavy atom. The first-order valence-corrected chi connectivity index (χ1v) is 30.8. The lowest BCUT2D eigenvalue weighted by Crippen LogP contribution is -2.10. The summed E-state index contributed by atoms with van der Waals surface area (Å²) >= 11 is 0. The molecule has 0 atom stereocenters. The fraction of sp³-hybridized carbons (Fsp3) is 0.195. The summed E-state index contributed by atoms with van der Waals surface area (Å²) in [4.78, 5) is 17.1. The van der Waals surface area contributed by atoms with Gasteiger partial charge in [-0.1, -0.05) is 180 Å². The summed E-state index contributed by atoms with van der Waals surface area (Å²) in [6, 6.07) is 78.8. The average molecular weight is 1170 g/mol. The van der Waals surface area contributed by atoms with E-state index < -0.39 is 0 Å². The normalized spacial score (nSPS) is 12.2. The molecule has 0 saturated heterocycles. The van der Waals surface area contributed by atoms with E-state index in [9.17, 15) is 15.8 Å². The van der Waals surface area contributed by atoms with Gasteiger partial charge in [0.1, 0.15) is 0 Å². The number of hydrogen-bond acceptors (Lipinski definition) is 6. The number of aromatic nitrogens is 5. The molecule has 13 aromatic rings. The van der Waals surface area contributed by atoms with Gasteiger partial charge in [0.25, 0.3) is 0 Å². The zero-order valence-corrected chi connectivity index (χ0v) is 53.2. The second kappa shape index (κ2) is 21.8. The lowest BCUT2D eigenvalue weighted by atomic mass is 9.85. The largest absolute Gasteiger partial charge is 0.309 e. The van der Waals surface area contributed by atoms with E-state index in [0.717, 1.165) is 105 Å². The molecule has 8 nitrogen and oxygen atoms in total. The highest BCUT2D eigenvalue weighted by Gasteiger charge is 2.28. The third-order valence-corrected chi connectivity index (χ3v) is 17.7. The lowest BCUT2D eigenvalue weighted by Gasteiger charge is -2.20. The molecule has 0 N–H and O–H groups in total. The van der Waals surface area contributed by atoms with Crippen molar-refractivity contribution in [2.45, 2.75) is 105 Å². The second-order valence-electron chi connectivity index (χ2n) is 28.0. The number of hydrogen-bond donors (Lipinski definition) is 0. The van der Waals surface area contributed by atoms with Crippen LogP contribution >= 0.6 is 0 Å². The minimum absolute atomic E-state index is 0.112. The first-order valence-electron chi connectivity index (χ1n) is 30.8. The molecule has 10 aromatic carbocycles. The van der Waals surface area contributed by atoms with Gasteiger partial charge in [-0.05, 0) is 186 Å². The van der Waals surface area contributed by atoms with E-state index in [4.69, 9.17) is 15.0 Å². The third kappa shape index (κ3) is 10.6. The zero-order valence-electron chi connectivity index (χ0n) is 53.2. The van der Waals surface area contributed by atoms with Gasteiger partial charge in [-0.3, -0.25) is 0 Å². The van der Waals surface area contributed by atoms with Crippen molar-refractivity contribution < 1.29 is 0 Å². The minimum Gasteiger partial charge on any atom is -0.309 e. The van der Waals surface area contributed by atoms with E-state index in [1.165, 1.54) is 22.3 Å². The van der Waals surface area contributed by atoms with Gasteiger partial charge in [0.05, 0.1) is 68.3 Å². The lowest BCUT2D eigenvalue weighted by molar-refractivity contribution is 0.590. The Balaban J connectivity index is 1.17. The molecule has 0 radical (unpaired) electrons. The van der Waals surface area contributed by atoms with Crippen molar-refractivity contribution in [1.82, 2.24) is 24.1 Å². The molecule has 3 aromatic heterocycles. The van der Waals surface area contributed by atoms with Crippen LogP contribution in [0, 0.1) is 34.0 Å². The molecular weight excluding hydrogens is 1100 g/mol. The van der Waals surface area contributed by atoms with E-state index in [1.807, 2.05) is 91.0 Å². The standard InChI is InChI=1S/C82H70N8/c1-79(2,3)59-28-34-70-64(43-59)65-44-60(80(4,5)6)29-35-71(65)89(70)74-32-26-54(52-21-15-18-50(38-52)47-83)41-68(74)77-86-76(57-24-17-23-56(40-57)63-25-14-13-20-58(63)49-85)87-78(88-77)69-42-55(53-22-16-19-51(39-53)48-84)27-33-75(69)90-72-36-30-61(81(7,8)9)45-66(72)67-46-62(82(10,11)12)31-37-73(67)90/h13-46H,1-12H3. The van der Waals surface area contributed by atoms with Crippen molar-refractivity contribution in [2.75, 3.05) is 0 Å². The van der Waals surface area contributed by atoms with Crippen LogP contribution in [0.25, 0.3) is 123 Å². The minimum atomic E-state index is -0.112. The van der Waals surface area contributed by atoms with Crippen LogP contribution in [-0.2, 0) is 21.7 Å². The van der Waals surface area contributed by atoms with E-state index >= 15 is 0 Å². The molecule has 8 heteroatoms. The fourth-order valence-corrected chi connectivity index (χ4v) is 12.6. The number of rotatable bonds is 8. The predicted molar refractivity (Wildman–Crippen MR) is 370 cm³/mol. The van der Waals surface area contributed by atoms with Gasteiger partial charge in [0.15, 0.2) is 17.5 Å². The highest BCUT2D eigenvalue weighted by Crippen LogP contribution is 2.45. The Bertz CT molecular complexity index is 4800. The predicted octanol–water partition coefficient (Wildman–Crippen LogP) is 20.9. The molecule has 0 bridgehead atoms. The molecule has 0 aliphatic carbocycles. The van der Waals surface area contributed by atoms with Crippen LogP contribution in [0.3, 0.4) is 0 Å². The molecule has 3 heterocycles. The maximum atomic E-state index is 10.4. The van der Waals surface area contributed by atoms with Gasteiger partial charge < -0.3 is 9.13 Å². The topological polar surface area (TPSA) is 120 Å².